The van der Waals surface area contributed by atoms with Gasteiger partial charge in [-0.1, -0.05) is 6.92 Å². The van der Waals surface area contributed by atoms with Crippen LogP contribution in [0, 0.1) is 12.7 Å². The molecule has 94 valence electrons. The summed E-state index contributed by atoms with van der Waals surface area (Å²) in [5.74, 6) is -0.485. The number of carbonyl (C=O) groups is 1. The highest BCUT2D eigenvalue weighted by atomic mass is 19.1. The highest BCUT2D eigenvalue weighted by Crippen LogP contribution is 2.17. The van der Waals surface area contributed by atoms with Crippen LogP contribution in [-0.4, -0.2) is 17.4 Å². The van der Waals surface area contributed by atoms with Crippen molar-refractivity contribution >= 4 is 16.8 Å². The number of aromatic nitrogens is 1. The number of amides is 1. The maximum atomic E-state index is 13.1. The number of hydrogen-bond donors (Lipinski definition) is 1. The summed E-state index contributed by atoms with van der Waals surface area (Å²) in [6, 6.07) is 6.06. The molecule has 1 heterocycles. The van der Waals surface area contributed by atoms with Crippen molar-refractivity contribution < 1.29 is 9.18 Å². The highest BCUT2D eigenvalue weighted by Gasteiger charge is 2.11. The maximum absolute atomic E-state index is 13.1. The van der Waals surface area contributed by atoms with Crippen molar-refractivity contribution in [1.82, 2.24) is 10.3 Å². The van der Waals surface area contributed by atoms with E-state index in [1.165, 1.54) is 12.1 Å². The van der Waals surface area contributed by atoms with Crippen LogP contribution in [0.1, 0.15) is 29.4 Å². The van der Waals surface area contributed by atoms with Crippen molar-refractivity contribution in [2.45, 2.75) is 20.3 Å². The number of carbonyl (C=O) groups excluding carboxylic acids is 1. The van der Waals surface area contributed by atoms with Crippen LogP contribution in [0.3, 0.4) is 0 Å². The van der Waals surface area contributed by atoms with Crippen LogP contribution < -0.4 is 5.32 Å². The van der Waals surface area contributed by atoms with Crippen LogP contribution in [0.4, 0.5) is 4.39 Å². The first-order valence-electron chi connectivity index (χ1n) is 5.97. The Kier molecular flexibility index (Phi) is 3.55. The van der Waals surface area contributed by atoms with Crippen LogP contribution in [0.2, 0.25) is 0 Å². The van der Waals surface area contributed by atoms with E-state index in [1.54, 1.807) is 19.1 Å². The van der Waals surface area contributed by atoms with Gasteiger partial charge in [0.15, 0.2) is 0 Å². The molecular weight excluding hydrogens is 231 g/mol. The van der Waals surface area contributed by atoms with Crippen molar-refractivity contribution in [2.75, 3.05) is 6.54 Å². The van der Waals surface area contributed by atoms with Gasteiger partial charge in [0, 0.05) is 11.9 Å². The number of fused-ring (bicyclic) bond motifs is 1. The molecule has 18 heavy (non-hydrogen) atoms. The monoisotopic (exact) mass is 246 g/mol. The second kappa shape index (κ2) is 5.12. The predicted octanol–water partition coefficient (Wildman–Crippen LogP) is 2.82. The number of benzene rings is 1. The van der Waals surface area contributed by atoms with Gasteiger partial charge in [0.05, 0.1) is 16.8 Å². The second-order valence-corrected chi connectivity index (χ2v) is 4.21. The Labute approximate surface area is 105 Å². The summed E-state index contributed by atoms with van der Waals surface area (Å²) in [7, 11) is 0. The first kappa shape index (κ1) is 12.5. The molecule has 0 spiro atoms. The first-order chi connectivity index (χ1) is 8.61. The van der Waals surface area contributed by atoms with Gasteiger partial charge in [0.1, 0.15) is 5.82 Å². The van der Waals surface area contributed by atoms with Crippen molar-refractivity contribution in [2.24, 2.45) is 0 Å². The zero-order valence-corrected chi connectivity index (χ0v) is 10.5. The summed E-state index contributed by atoms with van der Waals surface area (Å²) in [6.07, 6.45) is 0.875. The molecule has 0 radical (unpaired) electrons. The number of pyridine rings is 1. The van der Waals surface area contributed by atoms with E-state index in [0.717, 1.165) is 6.42 Å². The fraction of sp³-hybridized carbons (Fsp3) is 0.286. The summed E-state index contributed by atoms with van der Waals surface area (Å²) in [5, 5.41) is 3.44. The molecule has 0 aliphatic carbocycles. The zero-order chi connectivity index (χ0) is 13.1. The van der Waals surface area contributed by atoms with Gasteiger partial charge in [-0.15, -0.1) is 0 Å². The van der Waals surface area contributed by atoms with Crippen molar-refractivity contribution in [3.05, 3.63) is 41.3 Å². The topological polar surface area (TPSA) is 42.0 Å². The molecule has 0 atom stereocenters. The average Bonchev–Trinajstić information content (AvgIpc) is 2.35. The third kappa shape index (κ3) is 2.47. The van der Waals surface area contributed by atoms with E-state index in [9.17, 15) is 9.18 Å². The number of hydrogen-bond acceptors (Lipinski definition) is 2. The quantitative estimate of drug-likeness (QED) is 0.904. The first-order valence-corrected chi connectivity index (χ1v) is 5.97. The third-order valence-corrected chi connectivity index (χ3v) is 2.75. The second-order valence-electron chi connectivity index (χ2n) is 4.21. The normalized spacial score (nSPS) is 10.6. The highest BCUT2D eigenvalue weighted by molar-refractivity contribution is 5.98. The lowest BCUT2D eigenvalue weighted by molar-refractivity contribution is 0.0953. The number of nitrogens with one attached hydrogen (secondary N) is 1. The third-order valence-electron chi connectivity index (χ3n) is 2.75. The minimum atomic E-state index is -0.326. The fourth-order valence-electron chi connectivity index (χ4n) is 1.81. The summed E-state index contributed by atoms with van der Waals surface area (Å²) in [4.78, 5) is 16.2. The van der Waals surface area contributed by atoms with Gasteiger partial charge in [-0.25, -0.2) is 4.39 Å². The molecule has 0 bridgehead atoms. The molecule has 2 rings (SSSR count). The molecule has 0 aliphatic heterocycles. The number of halogens is 1. The molecule has 3 nitrogen and oxygen atoms in total. The summed E-state index contributed by atoms with van der Waals surface area (Å²) in [6.45, 7) is 4.39. The predicted molar refractivity (Wildman–Crippen MR) is 69.1 cm³/mol. The van der Waals surface area contributed by atoms with E-state index in [-0.39, 0.29) is 11.7 Å². The van der Waals surface area contributed by atoms with Crippen LogP contribution in [0.5, 0.6) is 0 Å². The Morgan fingerprint density at radius 3 is 2.89 bits per heavy atom. The molecule has 1 aromatic carbocycles. The van der Waals surface area contributed by atoms with Crippen LogP contribution in [0.15, 0.2) is 24.3 Å². The van der Waals surface area contributed by atoms with E-state index in [0.29, 0.717) is 28.7 Å². The van der Waals surface area contributed by atoms with Gasteiger partial charge < -0.3 is 5.32 Å². The number of aryl methyl sites for hydroxylation is 1. The molecule has 1 amide bonds. The largest absolute Gasteiger partial charge is 0.352 e. The molecule has 1 aromatic heterocycles. The SMILES string of the molecule is CCCNC(=O)c1cc2cc(F)ccc2nc1C. The Hall–Kier alpha value is -1.97. The van der Waals surface area contributed by atoms with Crippen molar-refractivity contribution in [3.63, 3.8) is 0 Å². The Morgan fingerprint density at radius 2 is 2.17 bits per heavy atom. The smallest absolute Gasteiger partial charge is 0.253 e. The van der Waals surface area contributed by atoms with Gasteiger partial charge >= 0.3 is 0 Å². The van der Waals surface area contributed by atoms with Gasteiger partial charge in [-0.2, -0.15) is 0 Å². The summed E-state index contributed by atoms with van der Waals surface area (Å²) < 4.78 is 13.1. The molecule has 0 saturated heterocycles. The Balaban J connectivity index is 2.44. The van der Waals surface area contributed by atoms with Crippen LogP contribution in [0.25, 0.3) is 10.9 Å². The van der Waals surface area contributed by atoms with Gasteiger partial charge in [-0.05, 0) is 37.6 Å². The lowest BCUT2D eigenvalue weighted by Crippen LogP contribution is -2.25. The summed E-state index contributed by atoms with van der Waals surface area (Å²) in [5.41, 5.74) is 1.85. The van der Waals surface area contributed by atoms with E-state index in [2.05, 4.69) is 10.3 Å². The van der Waals surface area contributed by atoms with Gasteiger partial charge in [0.25, 0.3) is 5.91 Å². The zero-order valence-electron chi connectivity index (χ0n) is 10.5. The number of nitrogens with zero attached hydrogens (tertiary/aromatic N) is 1. The molecule has 0 fully saturated rings. The minimum absolute atomic E-state index is 0.159. The molecular formula is C14H15FN2O. The fourth-order valence-corrected chi connectivity index (χ4v) is 1.81. The standard InChI is InChI=1S/C14H15FN2O/c1-3-6-16-14(18)12-8-10-7-11(15)4-5-13(10)17-9(12)2/h4-5,7-8H,3,6H2,1-2H3,(H,16,18). The molecule has 0 aliphatic rings. The van der Waals surface area contributed by atoms with Crippen molar-refractivity contribution in [3.8, 4) is 0 Å². The molecule has 1 N–H and O–H groups in total. The Morgan fingerprint density at radius 1 is 1.39 bits per heavy atom. The molecule has 2 aromatic rings. The van der Waals surface area contributed by atoms with Gasteiger partial charge in [0.2, 0.25) is 0 Å². The molecule has 4 heteroatoms. The summed E-state index contributed by atoms with van der Waals surface area (Å²) >= 11 is 0. The van der Waals surface area contributed by atoms with E-state index in [1.807, 2.05) is 6.92 Å². The molecule has 0 saturated carbocycles. The number of rotatable bonds is 3. The van der Waals surface area contributed by atoms with E-state index >= 15 is 0 Å². The van der Waals surface area contributed by atoms with Crippen LogP contribution >= 0.6 is 0 Å². The Bertz CT molecular complexity index is 596. The van der Waals surface area contributed by atoms with Gasteiger partial charge in [-0.3, -0.25) is 9.78 Å². The van der Waals surface area contributed by atoms with E-state index < -0.39 is 0 Å². The lowest BCUT2D eigenvalue weighted by Gasteiger charge is -2.08. The molecule has 0 unspecified atom stereocenters. The average molecular weight is 246 g/mol. The van der Waals surface area contributed by atoms with Crippen molar-refractivity contribution in [1.29, 1.82) is 0 Å². The minimum Gasteiger partial charge on any atom is -0.352 e. The lowest BCUT2D eigenvalue weighted by atomic mass is 10.1. The van der Waals surface area contributed by atoms with Crippen LogP contribution in [-0.2, 0) is 0 Å². The maximum Gasteiger partial charge on any atom is 0.253 e. The van der Waals surface area contributed by atoms with E-state index in [4.69, 9.17) is 0 Å².